The SMILES string of the molecule is CS(=O)(=O)N1CCC(C(=O)NCc2ccccc2Cl)Oc2ccc(Cl)cc21. The van der Waals surface area contributed by atoms with Gasteiger partial charge in [-0.2, -0.15) is 0 Å². The van der Waals surface area contributed by atoms with Crippen LogP contribution in [0.5, 0.6) is 5.75 Å². The number of fused-ring (bicyclic) bond motifs is 1. The fraction of sp³-hybridized carbons (Fsp3) is 0.278. The molecule has 3 rings (SSSR count). The van der Waals surface area contributed by atoms with Crippen molar-refractivity contribution in [3.8, 4) is 5.75 Å². The number of hydrogen-bond donors (Lipinski definition) is 1. The van der Waals surface area contributed by atoms with E-state index in [2.05, 4.69) is 5.32 Å². The van der Waals surface area contributed by atoms with E-state index >= 15 is 0 Å². The minimum atomic E-state index is -3.54. The van der Waals surface area contributed by atoms with Crippen LogP contribution in [-0.4, -0.2) is 33.2 Å². The molecule has 2 aromatic rings. The molecule has 1 atom stereocenters. The number of nitrogens with one attached hydrogen (secondary N) is 1. The summed E-state index contributed by atoms with van der Waals surface area (Å²) in [6.07, 6.45) is 0.475. The molecule has 1 amide bonds. The van der Waals surface area contributed by atoms with E-state index < -0.39 is 16.1 Å². The van der Waals surface area contributed by atoms with E-state index in [1.165, 1.54) is 10.4 Å². The Balaban J connectivity index is 1.79. The van der Waals surface area contributed by atoms with Gasteiger partial charge in [0.15, 0.2) is 6.10 Å². The van der Waals surface area contributed by atoms with Crippen molar-refractivity contribution in [3.63, 3.8) is 0 Å². The van der Waals surface area contributed by atoms with E-state index in [9.17, 15) is 13.2 Å². The van der Waals surface area contributed by atoms with E-state index in [0.29, 0.717) is 21.5 Å². The summed E-state index contributed by atoms with van der Waals surface area (Å²) in [6, 6.07) is 11.9. The first kappa shape index (κ1) is 19.8. The molecule has 1 aliphatic heterocycles. The van der Waals surface area contributed by atoms with Crippen LogP contribution in [0.15, 0.2) is 42.5 Å². The molecule has 0 saturated heterocycles. The average Bonchev–Trinajstić information content (AvgIpc) is 2.80. The van der Waals surface area contributed by atoms with Crippen LogP contribution in [-0.2, 0) is 21.4 Å². The number of sulfonamides is 1. The van der Waals surface area contributed by atoms with Crippen molar-refractivity contribution >= 4 is 44.8 Å². The minimum absolute atomic E-state index is 0.107. The molecule has 0 bridgehead atoms. The van der Waals surface area contributed by atoms with Gasteiger partial charge in [0, 0.05) is 29.6 Å². The molecule has 0 aromatic heterocycles. The first-order chi connectivity index (χ1) is 12.8. The molecule has 27 heavy (non-hydrogen) atoms. The molecule has 0 fully saturated rings. The molecule has 1 heterocycles. The van der Waals surface area contributed by atoms with E-state index in [1.807, 2.05) is 18.2 Å². The predicted molar refractivity (Wildman–Crippen MR) is 106 cm³/mol. The molecule has 9 heteroatoms. The smallest absolute Gasteiger partial charge is 0.261 e. The monoisotopic (exact) mass is 428 g/mol. The number of ether oxygens (including phenoxy) is 1. The maximum Gasteiger partial charge on any atom is 0.261 e. The van der Waals surface area contributed by atoms with Crippen molar-refractivity contribution in [2.75, 3.05) is 17.1 Å². The van der Waals surface area contributed by atoms with Crippen molar-refractivity contribution in [3.05, 3.63) is 58.1 Å². The summed E-state index contributed by atoms with van der Waals surface area (Å²) < 4.78 is 31.3. The number of anilines is 1. The summed E-state index contributed by atoms with van der Waals surface area (Å²) in [7, 11) is -3.54. The third-order valence-electron chi connectivity index (χ3n) is 4.16. The predicted octanol–water partition coefficient (Wildman–Crippen LogP) is 3.23. The Morgan fingerprint density at radius 1 is 1.26 bits per heavy atom. The van der Waals surface area contributed by atoms with Crippen molar-refractivity contribution in [1.29, 1.82) is 0 Å². The zero-order valence-electron chi connectivity index (χ0n) is 14.5. The van der Waals surface area contributed by atoms with Gasteiger partial charge in [-0.05, 0) is 29.8 Å². The maximum atomic E-state index is 12.6. The second-order valence-electron chi connectivity index (χ2n) is 6.15. The lowest BCUT2D eigenvalue weighted by molar-refractivity contribution is -0.128. The molecular formula is C18H18Cl2N2O4S. The largest absolute Gasteiger partial charge is 0.478 e. The lowest BCUT2D eigenvalue weighted by Crippen LogP contribution is -2.39. The van der Waals surface area contributed by atoms with E-state index in [1.54, 1.807) is 18.2 Å². The van der Waals surface area contributed by atoms with Crippen molar-refractivity contribution < 1.29 is 17.9 Å². The van der Waals surface area contributed by atoms with E-state index in [0.717, 1.165) is 11.8 Å². The van der Waals surface area contributed by atoms with Crippen molar-refractivity contribution in [2.24, 2.45) is 0 Å². The second-order valence-corrected chi connectivity index (χ2v) is 8.90. The lowest BCUT2D eigenvalue weighted by Gasteiger charge is -2.21. The number of halogens is 2. The summed E-state index contributed by atoms with van der Waals surface area (Å²) in [5.74, 6) is -0.0496. The average molecular weight is 429 g/mol. The van der Waals surface area contributed by atoms with Gasteiger partial charge in [-0.15, -0.1) is 0 Å². The zero-order valence-corrected chi connectivity index (χ0v) is 16.8. The van der Waals surface area contributed by atoms with Gasteiger partial charge < -0.3 is 10.1 Å². The molecule has 1 aliphatic rings. The van der Waals surface area contributed by atoms with Gasteiger partial charge in [-0.1, -0.05) is 41.4 Å². The summed E-state index contributed by atoms with van der Waals surface area (Å²) >= 11 is 12.1. The van der Waals surface area contributed by atoms with Gasteiger partial charge >= 0.3 is 0 Å². The molecule has 1 N–H and O–H groups in total. The van der Waals surface area contributed by atoms with E-state index in [4.69, 9.17) is 27.9 Å². The second kappa shape index (κ2) is 7.96. The van der Waals surface area contributed by atoms with Crippen LogP contribution in [0.1, 0.15) is 12.0 Å². The van der Waals surface area contributed by atoms with Crippen LogP contribution >= 0.6 is 23.2 Å². The van der Waals surface area contributed by atoms with Crippen molar-refractivity contribution in [1.82, 2.24) is 5.32 Å². The van der Waals surface area contributed by atoms with Gasteiger partial charge in [0.2, 0.25) is 10.0 Å². The Labute approximate surface area is 168 Å². The van der Waals surface area contributed by atoms with Crippen LogP contribution < -0.4 is 14.4 Å². The Kier molecular flexibility index (Phi) is 5.83. The van der Waals surface area contributed by atoms with Gasteiger partial charge in [-0.3, -0.25) is 9.10 Å². The summed E-state index contributed by atoms with van der Waals surface area (Å²) in [5, 5.41) is 3.73. The quantitative estimate of drug-likeness (QED) is 0.810. The summed E-state index contributed by atoms with van der Waals surface area (Å²) in [6.45, 7) is 0.359. The van der Waals surface area contributed by atoms with Crippen LogP contribution in [0.4, 0.5) is 5.69 Å². The normalized spacial score (nSPS) is 16.9. The van der Waals surface area contributed by atoms with Crippen LogP contribution in [0, 0.1) is 0 Å². The maximum absolute atomic E-state index is 12.6. The van der Waals surface area contributed by atoms with Crippen LogP contribution in [0.3, 0.4) is 0 Å². The van der Waals surface area contributed by atoms with Gasteiger partial charge in [0.25, 0.3) is 5.91 Å². The number of benzene rings is 2. The third kappa shape index (κ3) is 4.66. The lowest BCUT2D eigenvalue weighted by atomic mass is 10.2. The number of carbonyl (C=O) groups is 1. The van der Waals surface area contributed by atoms with Crippen LogP contribution in [0.2, 0.25) is 10.0 Å². The Hall–Kier alpha value is -1.96. The third-order valence-corrected chi connectivity index (χ3v) is 5.94. The fourth-order valence-electron chi connectivity index (χ4n) is 2.82. The highest BCUT2D eigenvalue weighted by Crippen LogP contribution is 2.36. The minimum Gasteiger partial charge on any atom is -0.478 e. The zero-order chi connectivity index (χ0) is 19.6. The molecule has 0 radical (unpaired) electrons. The number of hydrogen-bond acceptors (Lipinski definition) is 4. The highest BCUT2D eigenvalue weighted by Gasteiger charge is 2.31. The highest BCUT2D eigenvalue weighted by atomic mass is 35.5. The van der Waals surface area contributed by atoms with Gasteiger partial charge in [0.05, 0.1) is 11.9 Å². The fourth-order valence-corrected chi connectivity index (χ4v) is 4.13. The van der Waals surface area contributed by atoms with Gasteiger partial charge in [-0.25, -0.2) is 8.42 Å². The molecule has 0 aliphatic carbocycles. The molecule has 2 aromatic carbocycles. The van der Waals surface area contributed by atoms with Gasteiger partial charge in [0.1, 0.15) is 5.75 Å². The first-order valence-corrected chi connectivity index (χ1v) is 10.8. The Bertz CT molecular complexity index is 966. The Morgan fingerprint density at radius 3 is 2.70 bits per heavy atom. The molecule has 1 unspecified atom stereocenters. The first-order valence-electron chi connectivity index (χ1n) is 8.21. The number of amides is 1. The summed E-state index contributed by atoms with van der Waals surface area (Å²) in [5.41, 5.74) is 1.11. The number of carbonyl (C=O) groups excluding carboxylic acids is 1. The molecule has 6 nitrogen and oxygen atoms in total. The highest BCUT2D eigenvalue weighted by molar-refractivity contribution is 7.92. The standard InChI is InChI=1S/C18H18Cl2N2O4S/c1-27(24,25)22-9-8-17(26-16-7-6-13(19)10-15(16)22)18(23)21-11-12-4-2-3-5-14(12)20/h2-7,10,17H,8-9,11H2,1H3,(H,21,23). The number of rotatable bonds is 4. The summed E-state index contributed by atoms with van der Waals surface area (Å²) in [4.78, 5) is 12.6. The molecule has 0 spiro atoms. The van der Waals surface area contributed by atoms with Crippen LogP contribution in [0.25, 0.3) is 0 Å². The molecular weight excluding hydrogens is 411 g/mol. The molecule has 0 saturated carbocycles. The van der Waals surface area contributed by atoms with E-state index in [-0.39, 0.29) is 25.4 Å². The Morgan fingerprint density at radius 2 is 2.00 bits per heavy atom. The topological polar surface area (TPSA) is 75.7 Å². The number of nitrogens with zero attached hydrogens (tertiary/aromatic N) is 1. The molecule has 144 valence electrons. The van der Waals surface area contributed by atoms with Crippen molar-refractivity contribution in [2.45, 2.75) is 19.1 Å².